The molecule has 21 heavy (non-hydrogen) atoms. The Morgan fingerprint density at radius 1 is 1.19 bits per heavy atom. The highest BCUT2D eigenvalue weighted by atomic mass is 79.9. The fraction of sp³-hybridized carbons (Fsp3) is 0. The van der Waals surface area contributed by atoms with Crippen LogP contribution < -0.4 is 10.5 Å². The maximum absolute atomic E-state index is 13.9. The van der Waals surface area contributed by atoms with Crippen molar-refractivity contribution in [3.05, 3.63) is 51.5 Å². The van der Waals surface area contributed by atoms with Crippen molar-refractivity contribution < 1.29 is 17.2 Å². The average molecular weight is 398 g/mol. The van der Waals surface area contributed by atoms with Crippen LogP contribution in [0.4, 0.5) is 20.2 Å². The van der Waals surface area contributed by atoms with Gasteiger partial charge < -0.3 is 5.73 Å². The first kappa shape index (κ1) is 16.0. The average Bonchev–Trinajstić information content (AvgIpc) is 2.37. The molecule has 2 aromatic rings. The number of sulfonamides is 1. The first-order valence-electron chi connectivity index (χ1n) is 5.43. The Labute approximate surface area is 133 Å². The van der Waals surface area contributed by atoms with Gasteiger partial charge >= 0.3 is 0 Å². The van der Waals surface area contributed by atoms with Gasteiger partial charge in [0.2, 0.25) is 0 Å². The van der Waals surface area contributed by atoms with Crippen LogP contribution in [0.3, 0.4) is 0 Å². The van der Waals surface area contributed by atoms with E-state index in [9.17, 15) is 17.2 Å². The third-order valence-electron chi connectivity index (χ3n) is 2.48. The normalized spacial score (nSPS) is 11.4. The van der Waals surface area contributed by atoms with Crippen LogP contribution >= 0.6 is 27.5 Å². The minimum Gasteiger partial charge on any atom is -0.399 e. The van der Waals surface area contributed by atoms with E-state index in [1.165, 1.54) is 12.1 Å². The molecular weight excluding hydrogens is 390 g/mol. The number of halogens is 4. The summed E-state index contributed by atoms with van der Waals surface area (Å²) in [5.41, 5.74) is 5.14. The van der Waals surface area contributed by atoms with Crippen molar-refractivity contribution in [1.82, 2.24) is 0 Å². The van der Waals surface area contributed by atoms with Gasteiger partial charge in [-0.15, -0.1) is 0 Å². The van der Waals surface area contributed by atoms with E-state index < -0.39 is 26.6 Å². The molecule has 2 aromatic carbocycles. The fourth-order valence-electron chi connectivity index (χ4n) is 1.55. The molecule has 0 aliphatic rings. The van der Waals surface area contributed by atoms with E-state index >= 15 is 0 Å². The summed E-state index contributed by atoms with van der Waals surface area (Å²) in [5, 5.41) is 0.128. The van der Waals surface area contributed by atoms with Crippen LogP contribution in [0.15, 0.2) is 39.7 Å². The number of nitrogen functional groups attached to an aromatic ring is 1. The van der Waals surface area contributed by atoms with Gasteiger partial charge in [-0.25, -0.2) is 17.2 Å². The minimum atomic E-state index is -4.36. The van der Waals surface area contributed by atoms with Gasteiger partial charge in [0, 0.05) is 10.7 Å². The van der Waals surface area contributed by atoms with E-state index in [-0.39, 0.29) is 20.9 Å². The minimum absolute atomic E-state index is 0.0372. The Morgan fingerprint density at radius 2 is 1.86 bits per heavy atom. The maximum Gasteiger partial charge on any atom is 0.265 e. The Morgan fingerprint density at radius 3 is 2.52 bits per heavy atom. The highest BCUT2D eigenvalue weighted by molar-refractivity contribution is 9.10. The second-order valence-electron chi connectivity index (χ2n) is 4.04. The monoisotopic (exact) mass is 396 g/mol. The Kier molecular flexibility index (Phi) is 4.40. The van der Waals surface area contributed by atoms with Gasteiger partial charge in [-0.1, -0.05) is 11.6 Å². The lowest BCUT2D eigenvalue weighted by Crippen LogP contribution is -2.16. The second-order valence-corrected chi connectivity index (χ2v) is 6.99. The molecule has 0 heterocycles. The van der Waals surface area contributed by atoms with Gasteiger partial charge in [0.25, 0.3) is 10.0 Å². The summed E-state index contributed by atoms with van der Waals surface area (Å²) in [6, 6.07) is 5.48. The summed E-state index contributed by atoms with van der Waals surface area (Å²) < 4.78 is 53.6. The zero-order valence-electron chi connectivity index (χ0n) is 10.2. The smallest absolute Gasteiger partial charge is 0.265 e. The second kappa shape index (κ2) is 5.78. The van der Waals surface area contributed by atoms with Crippen LogP contribution in [-0.2, 0) is 10.0 Å². The molecule has 0 amide bonds. The zero-order chi connectivity index (χ0) is 15.8. The molecule has 0 aliphatic heterocycles. The quantitative estimate of drug-likeness (QED) is 0.775. The first-order valence-corrected chi connectivity index (χ1v) is 8.08. The molecule has 0 radical (unpaired) electrons. The third-order valence-corrected chi connectivity index (χ3v) is 4.66. The van der Waals surface area contributed by atoms with Crippen LogP contribution in [0.5, 0.6) is 0 Å². The van der Waals surface area contributed by atoms with Crippen LogP contribution in [0.2, 0.25) is 5.02 Å². The molecular formula is C12H8BrClF2N2O2S. The SMILES string of the molecule is Nc1cc(Br)c(F)c(S(=O)(=O)Nc2cc(Cl)ccc2F)c1. The van der Waals surface area contributed by atoms with Gasteiger partial charge in [-0.2, -0.15) is 0 Å². The van der Waals surface area contributed by atoms with Crippen molar-refractivity contribution in [2.45, 2.75) is 4.90 Å². The predicted molar refractivity (Wildman–Crippen MR) is 80.7 cm³/mol. The van der Waals surface area contributed by atoms with Crippen LogP contribution in [0, 0.1) is 11.6 Å². The standard InChI is InChI=1S/C12H8BrClF2N2O2S/c13-8-4-7(17)5-11(12(8)16)21(19,20)18-10-3-6(14)1-2-9(10)15/h1-5,18H,17H2. The highest BCUT2D eigenvalue weighted by Crippen LogP contribution is 2.29. The van der Waals surface area contributed by atoms with E-state index in [0.717, 1.165) is 18.2 Å². The summed E-state index contributed by atoms with van der Waals surface area (Å²) >= 11 is 8.53. The molecule has 9 heteroatoms. The van der Waals surface area contributed by atoms with Gasteiger partial charge in [0.1, 0.15) is 10.7 Å². The van der Waals surface area contributed by atoms with E-state index in [2.05, 4.69) is 15.9 Å². The van der Waals surface area contributed by atoms with Crippen molar-refractivity contribution in [3.8, 4) is 0 Å². The summed E-state index contributed by atoms with van der Waals surface area (Å²) in [6.07, 6.45) is 0. The largest absolute Gasteiger partial charge is 0.399 e. The summed E-state index contributed by atoms with van der Waals surface area (Å²) in [7, 11) is -4.36. The Balaban J connectivity index is 2.51. The van der Waals surface area contributed by atoms with Crippen molar-refractivity contribution in [1.29, 1.82) is 0 Å². The molecule has 0 atom stereocenters. The van der Waals surface area contributed by atoms with E-state index in [0.29, 0.717) is 0 Å². The van der Waals surface area contributed by atoms with Gasteiger partial charge in [-0.05, 0) is 46.3 Å². The van der Waals surface area contributed by atoms with Crippen molar-refractivity contribution in [2.75, 3.05) is 10.5 Å². The van der Waals surface area contributed by atoms with E-state index in [1.807, 2.05) is 4.72 Å². The lowest BCUT2D eigenvalue weighted by atomic mass is 10.3. The molecule has 0 saturated heterocycles. The molecule has 0 fully saturated rings. The highest BCUT2D eigenvalue weighted by Gasteiger charge is 2.23. The molecule has 0 aromatic heterocycles. The number of benzene rings is 2. The van der Waals surface area contributed by atoms with E-state index in [4.69, 9.17) is 17.3 Å². The third kappa shape index (κ3) is 3.45. The lowest BCUT2D eigenvalue weighted by Gasteiger charge is -2.11. The van der Waals surface area contributed by atoms with Crippen molar-refractivity contribution >= 4 is 48.9 Å². The molecule has 4 nitrogen and oxygen atoms in total. The van der Waals surface area contributed by atoms with Gasteiger partial charge in [0.05, 0.1) is 10.2 Å². The van der Waals surface area contributed by atoms with Crippen LogP contribution in [-0.4, -0.2) is 8.42 Å². The number of hydrogen-bond acceptors (Lipinski definition) is 3. The number of hydrogen-bond donors (Lipinski definition) is 2. The lowest BCUT2D eigenvalue weighted by molar-refractivity contribution is 0.566. The summed E-state index contributed by atoms with van der Waals surface area (Å²) in [5.74, 6) is -1.87. The number of rotatable bonds is 3. The van der Waals surface area contributed by atoms with Crippen molar-refractivity contribution in [3.63, 3.8) is 0 Å². The molecule has 0 aliphatic carbocycles. The maximum atomic E-state index is 13.9. The molecule has 0 spiro atoms. The number of nitrogens with two attached hydrogens (primary N) is 1. The summed E-state index contributed by atoms with van der Waals surface area (Å²) in [4.78, 5) is -0.700. The molecule has 2 rings (SSSR count). The van der Waals surface area contributed by atoms with Crippen molar-refractivity contribution in [2.24, 2.45) is 0 Å². The first-order chi connectivity index (χ1) is 9.70. The van der Waals surface area contributed by atoms with Crippen LogP contribution in [0.1, 0.15) is 0 Å². The Hall–Kier alpha value is -1.38. The van der Waals surface area contributed by atoms with Crippen LogP contribution in [0.25, 0.3) is 0 Å². The molecule has 3 N–H and O–H groups in total. The zero-order valence-corrected chi connectivity index (χ0v) is 13.4. The molecule has 112 valence electrons. The topological polar surface area (TPSA) is 72.2 Å². The van der Waals surface area contributed by atoms with Gasteiger partial charge in [-0.3, -0.25) is 4.72 Å². The molecule has 0 bridgehead atoms. The summed E-state index contributed by atoms with van der Waals surface area (Å²) in [6.45, 7) is 0. The number of nitrogens with one attached hydrogen (secondary N) is 1. The predicted octanol–water partition coefficient (Wildman–Crippen LogP) is 3.76. The molecule has 0 unspecified atom stereocenters. The number of anilines is 2. The Bertz CT molecular complexity index is 815. The van der Waals surface area contributed by atoms with Gasteiger partial charge in [0.15, 0.2) is 5.82 Å². The van der Waals surface area contributed by atoms with E-state index in [1.54, 1.807) is 0 Å². The molecule has 0 saturated carbocycles. The fourth-order valence-corrected chi connectivity index (χ4v) is 3.53.